The van der Waals surface area contributed by atoms with Gasteiger partial charge in [0.05, 0.1) is 23.2 Å². The van der Waals surface area contributed by atoms with Crippen LogP contribution in [0, 0.1) is 0 Å². The fraction of sp³-hybridized carbons (Fsp3) is 0.632. The summed E-state index contributed by atoms with van der Waals surface area (Å²) in [5.41, 5.74) is 1.61. The first-order valence-electron chi connectivity index (χ1n) is 9.23. The second-order valence-corrected chi connectivity index (χ2v) is 7.06. The molecule has 25 heavy (non-hydrogen) atoms. The van der Waals surface area contributed by atoms with E-state index in [-0.39, 0.29) is 18.1 Å². The minimum absolute atomic E-state index is 0.0455. The Morgan fingerprint density at radius 3 is 2.92 bits per heavy atom. The van der Waals surface area contributed by atoms with E-state index in [4.69, 9.17) is 21.1 Å². The van der Waals surface area contributed by atoms with E-state index in [1.54, 1.807) is 0 Å². The van der Waals surface area contributed by atoms with Gasteiger partial charge in [0.2, 0.25) is 0 Å². The van der Waals surface area contributed by atoms with Crippen LogP contribution in [0.1, 0.15) is 43.0 Å². The minimum Gasteiger partial charge on any atom is -0.379 e. The molecule has 1 N–H and O–H groups in total. The second-order valence-electron chi connectivity index (χ2n) is 6.65. The summed E-state index contributed by atoms with van der Waals surface area (Å²) in [4.78, 5) is 15.1. The van der Waals surface area contributed by atoms with Crippen molar-refractivity contribution in [2.24, 2.45) is 0 Å². The van der Waals surface area contributed by atoms with Gasteiger partial charge in [-0.3, -0.25) is 4.79 Å². The molecule has 2 fully saturated rings. The van der Waals surface area contributed by atoms with E-state index in [2.05, 4.69) is 10.2 Å². The zero-order chi connectivity index (χ0) is 17.6. The van der Waals surface area contributed by atoms with E-state index in [1.165, 1.54) is 19.3 Å². The number of piperidine rings is 1. The van der Waals surface area contributed by atoms with Crippen molar-refractivity contribution in [2.45, 2.75) is 44.8 Å². The van der Waals surface area contributed by atoms with Crippen molar-refractivity contribution < 1.29 is 14.3 Å². The molecule has 1 amide bonds. The lowest BCUT2D eigenvalue weighted by Crippen LogP contribution is -2.50. The number of hydrogen-bond donors (Lipinski definition) is 1. The Morgan fingerprint density at radius 2 is 2.16 bits per heavy atom. The van der Waals surface area contributed by atoms with Crippen LogP contribution >= 0.6 is 11.6 Å². The Kier molecular flexibility index (Phi) is 6.57. The van der Waals surface area contributed by atoms with Gasteiger partial charge in [-0.15, -0.1) is 0 Å². The topological polar surface area (TPSA) is 50.8 Å². The van der Waals surface area contributed by atoms with Crippen LogP contribution in [0.3, 0.4) is 0 Å². The Labute approximate surface area is 154 Å². The number of amides is 1. The lowest BCUT2D eigenvalue weighted by molar-refractivity contribution is -0.0632. The Bertz CT molecular complexity index is 588. The summed E-state index contributed by atoms with van der Waals surface area (Å²) in [5.74, 6) is -0.138. The molecular weight excluding hydrogens is 340 g/mol. The van der Waals surface area contributed by atoms with E-state index in [0.29, 0.717) is 30.4 Å². The Balaban J connectivity index is 1.72. The molecule has 6 heteroatoms. The number of carbonyl (C=O) groups is 1. The molecule has 0 spiro atoms. The highest BCUT2D eigenvalue weighted by Crippen LogP contribution is 2.26. The minimum atomic E-state index is -0.138. The molecule has 2 heterocycles. The number of carbonyl (C=O) groups excluding carboxylic acids is 1. The van der Waals surface area contributed by atoms with Gasteiger partial charge in [0.15, 0.2) is 0 Å². The van der Waals surface area contributed by atoms with Gasteiger partial charge < -0.3 is 19.7 Å². The third-order valence-electron chi connectivity index (χ3n) is 4.92. The monoisotopic (exact) mass is 366 g/mol. The molecule has 138 valence electrons. The zero-order valence-electron chi connectivity index (χ0n) is 14.8. The van der Waals surface area contributed by atoms with Crippen molar-refractivity contribution in [3.8, 4) is 0 Å². The molecule has 2 aliphatic heterocycles. The summed E-state index contributed by atoms with van der Waals surface area (Å²) in [6, 6.07) is 5.69. The van der Waals surface area contributed by atoms with Crippen molar-refractivity contribution >= 4 is 23.2 Å². The molecule has 0 saturated carbocycles. The lowest BCUT2D eigenvalue weighted by Gasteiger charge is -2.32. The first-order chi connectivity index (χ1) is 12.2. The van der Waals surface area contributed by atoms with E-state index < -0.39 is 0 Å². The summed E-state index contributed by atoms with van der Waals surface area (Å²) in [6.07, 6.45) is 4.32. The molecule has 2 atom stereocenters. The molecule has 0 aliphatic carbocycles. The van der Waals surface area contributed by atoms with Crippen molar-refractivity contribution in [1.82, 2.24) is 5.32 Å². The largest absolute Gasteiger partial charge is 0.379 e. The number of halogens is 1. The van der Waals surface area contributed by atoms with Crippen LogP contribution in [0.15, 0.2) is 18.2 Å². The molecule has 0 unspecified atom stereocenters. The maximum Gasteiger partial charge on any atom is 0.253 e. The maximum absolute atomic E-state index is 12.8. The summed E-state index contributed by atoms with van der Waals surface area (Å²) in [5, 5.41) is 3.58. The predicted octanol–water partition coefficient (Wildman–Crippen LogP) is 3.25. The smallest absolute Gasteiger partial charge is 0.253 e. The van der Waals surface area contributed by atoms with E-state index in [1.807, 2.05) is 25.1 Å². The van der Waals surface area contributed by atoms with Gasteiger partial charge in [-0.25, -0.2) is 0 Å². The van der Waals surface area contributed by atoms with Gasteiger partial charge in [0, 0.05) is 32.0 Å². The summed E-state index contributed by atoms with van der Waals surface area (Å²) >= 11 is 6.31. The average Bonchev–Trinajstić information content (AvgIpc) is 2.64. The molecular formula is C19H27ClN2O3. The Hall–Kier alpha value is -1.30. The van der Waals surface area contributed by atoms with Crippen LogP contribution in [0.4, 0.5) is 5.69 Å². The first kappa shape index (κ1) is 18.5. The highest BCUT2D eigenvalue weighted by molar-refractivity contribution is 6.34. The number of nitrogens with one attached hydrogen (secondary N) is 1. The van der Waals surface area contributed by atoms with Gasteiger partial charge in [-0.1, -0.05) is 11.6 Å². The molecule has 1 aromatic rings. The van der Waals surface area contributed by atoms with Gasteiger partial charge in [-0.2, -0.15) is 0 Å². The molecule has 0 aromatic heterocycles. The fourth-order valence-electron chi connectivity index (χ4n) is 3.54. The number of ether oxygens (including phenoxy) is 2. The van der Waals surface area contributed by atoms with Crippen LogP contribution in [0.25, 0.3) is 0 Å². The van der Waals surface area contributed by atoms with Crippen molar-refractivity contribution in [1.29, 1.82) is 0 Å². The molecule has 5 nitrogen and oxygen atoms in total. The van der Waals surface area contributed by atoms with Crippen molar-refractivity contribution in [3.63, 3.8) is 0 Å². The quantitative estimate of drug-likeness (QED) is 0.869. The summed E-state index contributed by atoms with van der Waals surface area (Å²) < 4.78 is 11.2. The number of nitrogens with zero attached hydrogens (tertiary/aromatic N) is 1. The van der Waals surface area contributed by atoms with Crippen LogP contribution in [0.2, 0.25) is 5.02 Å². The zero-order valence-corrected chi connectivity index (χ0v) is 15.6. The molecule has 0 radical (unpaired) electrons. The van der Waals surface area contributed by atoms with E-state index >= 15 is 0 Å². The molecule has 0 bridgehead atoms. The standard InChI is InChI=1S/C19H27ClN2O3/c1-2-25-18-13-24-11-8-17(18)21-19(23)15-12-14(6-7-16(15)20)22-9-4-3-5-10-22/h6-7,12,17-18H,2-5,8-11,13H2,1H3,(H,21,23)/t17-,18-/m1/s1. The van der Waals surface area contributed by atoms with Crippen LogP contribution in [-0.2, 0) is 9.47 Å². The number of rotatable bonds is 5. The van der Waals surface area contributed by atoms with Crippen LogP contribution < -0.4 is 10.2 Å². The van der Waals surface area contributed by atoms with E-state index in [0.717, 1.165) is 25.2 Å². The second kappa shape index (κ2) is 8.88. The van der Waals surface area contributed by atoms with Crippen LogP contribution in [-0.4, -0.2) is 51.0 Å². The van der Waals surface area contributed by atoms with Gasteiger partial charge in [-0.05, 0) is 50.8 Å². The van der Waals surface area contributed by atoms with Crippen LogP contribution in [0.5, 0.6) is 0 Å². The summed E-state index contributed by atoms with van der Waals surface area (Å²) in [6.45, 7) is 5.78. The molecule has 3 rings (SSSR count). The fourth-order valence-corrected chi connectivity index (χ4v) is 3.74. The van der Waals surface area contributed by atoms with Gasteiger partial charge >= 0.3 is 0 Å². The average molecular weight is 367 g/mol. The third-order valence-corrected chi connectivity index (χ3v) is 5.25. The highest BCUT2D eigenvalue weighted by Gasteiger charge is 2.28. The normalized spacial score (nSPS) is 24.2. The SMILES string of the molecule is CCO[C@@H]1COCC[C@H]1NC(=O)c1cc(N2CCCCC2)ccc1Cl. The summed E-state index contributed by atoms with van der Waals surface area (Å²) in [7, 11) is 0. The Morgan fingerprint density at radius 1 is 1.36 bits per heavy atom. The third kappa shape index (κ3) is 4.66. The van der Waals surface area contributed by atoms with Gasteiger partial charge in [0.1, 0.15) is 6.10 Å². The number of benzene rings is 1. The lowest BCUT2D eigenvalue weighted by atomic mass is 10.0. The molecule has 2 saturated heterocycles. The highest BCUT2D eigenvalue weighted by atomic mass is 35.5. The molecule has 1 aromatic carbocycles. The maximum atomic E-state index is 12.8. The molecule has 2 aliphatic rings. The number of hydrogen-bond acceptors (Lipinski definition) is 4. The first-order valence-corrected chi connectivity index (χ1v) is 9.61. The van der Waals surface area contributed by atoms with Crippen molar-refractivity contribution in [2.75, 3.05) is 37.8 Å². The number of anilines is 1. The van der Waals surface area contributed by atoms with Gasteiger partial charge in [0.25, 0.3) is 5.91 Å². The predicted molar refractivity (Wildman–Crippen MR) is 99.6 cm³/mol. The van der Waals surface area contributed by atoms with E-state index in [9.17, 15) is 4.79 Å². The van der Waals surface area contributed by atoms with Crippen molar-refractivity contribution in [3.05, 3.63) is 28.8 Å².